The first-order valence-electron chi connectivity index (χ1n) is 7.55. The molecule has 1 aromatic heterocycles. The van der Waals surface area contributed by atoms with Crippen LogP contribution < -0.4 is 15.2 Å². The Kier molecular flexibility index (Phi) is 4.40. The number of aromatic hydroxyl groups is 1. The van der Waals surface area contributed by atoms with Crippen LogP contribution in [-0.2, 0) is 0 Å². The zero-order valence-corrected chi connectivity index (χ0v) is 14.0. The second-order valence-corrected chi connectivity index (χ2v) is 5.37. The Hall–Kier alpha value is -3.68. The molecule has 8 nitrogen and oxygen atoms in total. The minimum Gasteiger partial charge on any atom is -0.493 e. The van der Waals surface area contributed by atoms with Crippen molar-refractivity contribution < 1.29 is 24.5 Å². The lowest BCUT2D eigenvalue weighted by Gasteiger charge is -2.09. The van der Waals surface area contributed by atoms with Gasteiger partial charge < -0.3 is 19.7 Å². The van der Waals surface area contributed by atoms with E-state index in [1.807, 2.05) is 0 Å². The third kappa shape index (κ3) is 2.88. The second-order valence-electron chi connectivity index (χ2n) is 5.37. The van der Waals surface area contributed by atoms with Gasteiger partial charge >= 0.3 is 11.7 Å². The molecule has 0 unspecified atom stereocenters. The van der Waals surface area contributed by atoms with Crippen molar-refractivity contribution in [2.45, 2.75) is 0 Å². The van der Waals surface area contributed by atoms with Gasteiger partial charge in [-0.15, -0.1) is 0 Å². The fourth-order valence-corrected chi connectivity index (χ4v) is 2.61. The quantitative estimate of drug-likeness (QED) is 0.725. The smallest absolute Gasteiger partial charge is 0.340 e. The zero-order valence-electron chi connectivity index (χ0n) is 14.0. The van der Waals surface area contributed by atoms with E-state index in [-0.39, 0.29) is 17.1 Å². The molecule has 0 aliphatic heterocycles. The summed E-state index contributed by atoms with van der Waals surface area (Å²) >= 11 is 0. The first-order valence-corrected chi connectivity index (χ1v) is 7.55. The maximum absolute atomic E-state index is 12.8. The maximum atomic E-state index is 12.8. The van der Waals surface area contributed by atoms with Crippen molar-refractivity contribution in [2.75, 3.05) is 14.2 Å². The maximum Gasteiger partial charge on any atom is 0.340 e. The number of benzene rings is 2. The number of nitrogens with zero attached hydrogens (tertiary/aromatic N) is 2. The Morgan fingerprint density at radius 1 is 1.00 bits per heavy atom. The fourth-order valence-electron chi connectivity index (χ4n) is 2.61. The van der Waals surface area contributed by atoms with Crippen LogP contribution in [0.1, 0.15) is 10.4 Å². The van der Waals surface area contributed by atoms with Gasteiger partial charge in [0.1, 0.15) is 0 Å². The van der Waals surface area contributed by atoms with Gasteiger partial charge in [0.05, 0.1) is 37.4 Å². The summed E-state index contributed by atoms with van der Waals surface area (Å²) in [5, 5.41) is 19.3. The molecule has 0 amide bonds. The summed E-state index contributed by atoms with van der Waals surface area (Å²) in [6.45, 7) is 0. The first kappa shape index (κ1) is 17.2. The Labute approximate surface area is 148 Å². The second kappa shape index (κ2) is 6.67. The summed E-state index contributed by atoms with van der Waals surface area (Å²) in [5.41, 5.74) is 0.146. The highest BCUT2D eigenvalue weighted by Crippen LogP contribution is 2.29. The number of hydrogen-bond acceptors (Lipinski definition) is 5. The van der Waals surface area contributed by atoms with Crippen molar-refractivity contribution in [3.63, 3.8) is 0 Å². The molecule has 2 aromatic carbocycles. The third-order valence-corrected chi connectivity index (χ3v) is 3.87. The number of aromatic carboxylic acids is 1. The number of carboxylic acids is 1. The van der Waals surface area contributed by atoms with E-state index >= 15 is 0 Å². The molecule has 3 rings (SSSR count). The molecule has 26 heavy (non-hydrogen) atoms. The summed E-state index contributed by atoms with van der Waals surface area (Å²) in [5.74, 6) is -0.523. The molecular formula is C18H16N2O6. The van der Waals surface area contributed by atoms with E-state index in [1.54, 1.807) is 18.2 Å². The molecule has 1 heterocycles. The molecule has 8 heteroatoms. The van der Waals surface area contributed by atoms with E-state index in [1.165, 1.54) is 49.2 Å². The lowest BCUT2D eigenvalue weighted by molar-refractivity contribution is 0.0697. The largest absolute Gasteiger partial charge is 0.493 e. The van der Waals surface area contributed by atoms with Crippen LogP contribution in [-0.4, -0.2) is 39.5 Å². The van der Waals surface area contributed by atoms with Gasteiger partial charge in [-0.3, -0.25) is 4.57 Å². The molecule has 0 radical (unpaired) electrons. The number of ether oxygens (including phenoxy) is 2. The molecule has 2 N–H and O–H groups in total. The van der Waals surface area contributed by atoms with E-state index in [4.69, 9.17) is 14.6 Å². The summed E-state index contributed by atoms with van der Waals surface area (Å²) in [6, 6.07) is 10.6. The van der Waals surface area contributed by atoms with Crippen LogP contribution in [0.15, 0.2) is 53.5 Å². The van der Waals surface area contributed by atoms with Gasteiger partial charge in [-0.05, 0) is 30.3 Å². The number of rotatable bonds is 5. The van der Waals surface area contributed by atoms with Gasteiger partial charge in [-0.1, -0.05) is 6.07 Å². The molecule has 0 saturated heterocycles. The molecule has 0 spiro atoms. The van der Waals surface area contributed by atoms with Crippen molar-refractivity contribution in [1.29, 1.82) is 0 Å². The van der Waals surface area contributed by atoms with Crippen LogP contribution in [0.3, 0.4) is 0 Å². The Bertz CT molecular complexity index is 1030. The number of aromatic nitrogens is 2. The molecule has 0 fully saturated rings. The van der Waals surface area contributed by atoms with Crippen LogP contribution in [0.2, 0.25) is 0 Å². The summed E-state index contributed by atoms with van der Waals surface area (Å²) in [4.78, 5) is 23.9. The minimum absolute atomic E-state index is 0.00710. The molecule has 3 aromatic rings. The van der Waals surface area contributed by atoms with Crippen molar-refractivity contribution in [3.8, 4) is 28.8 Å². The molecule has 0 atom stereocenters. The molecule has 0 saturated carbocycles. The monoisotopic (exact) mass is 356 g/mol. The van der Waals surface area contributed by atoms with Crippen molar-refractivity contribution in [3.05, 3.63) is 64.7 Å². The average Bonchev–Trinajstić information content (AvgIpc) is 2.95. The number of carboxylic acid groups (broad SMARTS) is 1. The number of methoxy groups -OCH3 is 2. The minimum atomic E-state index is -1.13. The number of carbonyl (C=O) groups is 1. The van der Waals surface area contributed by atoms with Gasteiger partial charge in [0.25, 0.3) is 0 Å². The molecule has 0 aliphatic carbocycles. The van der Waals surface area contributed by atoms with E-state index in [9.17, 15) is 14.7 Å². The van der Waals surface area contributed by atoms with Crippen LogP contribution in [0.25, 0.3) is 11.4 Å². The van der Waals surface area contributed by atoms with Gasteiger partial charge in [-0.2, -0.15) is 0 Å². The Morgan fingerprint density at radius 2 is 1.73 bits per heavy atom. The van der Waals surface area contributed by atoms with Gasteiger partial charge in [-0.25, -0.2) is 14.2 Å². The lowest BCUT2D eigenvalue weighted by Crippen LogP contribution is -2.22. The average molecular weight is 356 g/mol. The fraction of sp³-hybridized carbons (Fsp3) is 0.111. The summed E-state index contributed by atoms with van der Waals surface area (Å²) in [6.07, 6.45) is 1.25. The van der Waals surface area contributed by atoms with Gasteiger partial charge in [0, 0.05) is 6.07 Å². The van der Waals surface area contributed by atoms with E-state index < -0.39 is 11.7 Å². The van der Waals surface area contributed by atoms with E-state index in [0.29, 0.717) is 17.2 Å². The number of imidazole rings is 1. The Balaban J connectivity index is 2.14. The predicted octanol–water partition coefficient (Wildman–Crippen LogP) is 2.05. The van der Waals surface area contributed by atoms with Crippen molar-refractivity contribution >= 4 is 5.97 Å². The topological polar surface area (TPSA) is 103 Å². The van der Waals surface area contributed by atoms with E-state index in [0.717, 1.165) is 4.57 Å². The van der Waals surface area contributed by atoms with Crippen molar-refractivity contribution in [1.82, 2.24) is 9.13 Å². The highest BCUT2D eigenvalue weighted by atomic mass is 16.5. The predicted molar refractivity (Wildman–Crippen MR) is 93.1 cm³/mol. The SMILES string of the molecule is COc1ccc(-n2cc(O)n(-c3cccc(C(=O)O)c3)c2=O)cc1OC. The lowest BCUT2D eigenvalue weighted by atomic mass is 10.2. The third-order valence-electron chi connectivity index (χ3n) is 3.87. The van der Waals surface area contributed by atoms with Crippen LogP contribution in [0, 0.1) is 0 Å². The van der Waals surface area contributed by atoms with E-state index in [2.05, 4.69) is 0 Å². The normalized spacial score (nSPS) is 10.5. The van der Waals surface area contributed by atoms with Crippen LogP contribution >= 0.6 is 0 Å². The summed E-state index contributed by atoms with van der Waals surface area (Å²) in [7, 11) is 2.98. The summed E-state index contributed by atoms with van der Waals surface area (Å²) < 4.78 is 12.6. The molecular weight excluding hydrogens is 340 g/mol. The molecule has 0 aliphatic rings. The Morgan fingerprint density at radius 3 is 2.38 bits per heavy atom. The first-order chi connectivity index (χ1) is 12.5. The van der Waals surface area contributed by atoms with Crippen LogP contribution in [0.5, 0.6) is 17.4 Å². The van der Waals surface area contributed by atoms with Crippen molar-refractivity contribution in [2.24, 2.45) is 0 Å². The zero-order chi connectivity index (χ0) is 18.8. The standard InChI is InChI=1S/C18H16N2O6/c1-25-14-7-6-12(9-15(14)26-2)19-10-16(21)20(18(19)24)13-5-3-4-11(8-13)17(22)23/h3-10,21H,1-2H3,(H,22,23). The van der Waals surface area contributed by atoms with Crippen LogP contribution in [0.4, 0.5) is 0 Å². The number of hydrogen-bond donors (Lipinski definition) is 2. The van der Waals surface area contributed by atoms with Gasteiger partial charge in [0.2, 0.25) is 5.88 Å². The molecule has 0 bridgehead atoms. The van der Waals surface area contributed by atoms with Gasteiger partial charge in [0.15, 0.2) is 11.5 Å². The molecule has 134 valence electrons. The highest BCUT2D eigenvalue weighted by Gasteiger charge is 2.16. The highest BCUT2D eigenvalue weighted by molar-refractivity contribution is 5.88.